The molecular formula is C36H66O8. The highest BCUT2D eigenvalue weighted by Gasteiger charge is 2.51. The minimum Gasteiger partial charge on any atom is -0.458 e. The lowest BCUT2D eigenvalue weighted by molar-refractivity contribution is -0.197. The summed E-state index contributed by atoms with van der Waals surface area (Å²) in [7, 11) is 3.38. The first-order valence-corrected chi connectivity index (χ1v) is 16.9. The summed E-state index contributed by atoms with van der Waals surface area (Å²) in [6, 6.07) is 0. The second-order valence-corrected chi connectivity index (χ2v) is 15.7. The molecule has 2 fully saturated rings. The molecule has 0 N–H and O–H groups in total. The van der Waals surface area contributed by atoms with E-state index in [1.165, 1.54) is 6.42 Å². The van der Waals surface area contributed by atoms with Gasteiger partial charge in [-0.3, -0.25) is 9.59 Å². The van der Waals surface area contributed by atoms with Gasteiger partial charge in [0.2, 0.25) is 0 Å². The van der Waals surface area contributed by atoms with Crippen molar-refractivity contribution in [3.63, 3.8) is 0 Å². The number of ether oxygens (including phenoxy) is 5. The molecule has 0 heterocycles. The molecule has 0 unspecified atom stereocenters. The molecule has 0 bridgehead atoms. The third-order valence-corrected chi connectivity index (χ3v) is 10.6. The van der Waals surface area contributed by atoms with E-state index < -0.39 is 22.4 Å². The van der Waals surface area contributed by atoms with Crippen molar-refractivity contribution in [2.45, 2.75) is 157 Å². The molecule has 0 aromatic carbocycles. The van der Waals surface area contributed by atoms with Gasteiger partial charge in [-0.1, -0.05) is 54.4 Å². The van der Waals surface area contributed by atoms with Gasteiger partial charge in [-0.05, 0) is 91.9 Å². The molecule has 2 rings (SSSR count). The summed E-state index contributed by atoms with van der Waals surface area (Å²) in [4.78, 5) is 36.9. The molecule has 2 aliphatic carbocycles. The molecule has 258 valence electrons. The fraction of sp³-hybridized carbons (Fsp3) is 0.917. The summed E-state index contributed by atoms with van der Waals surface area (Å²) in [6.45, 7) is 20.8. The minimum absolute atomic E-state index is 0.0638. The number of hydrogen-bond acceptors (Lipinski definition) is 8. The number of methoxy groups -OCH3 is 2. The van der Waals surface area contributed by atoms with Crippen molar-refractivity contribution < 1.29 is 38.1 Å². The van der Waals surface area contributed by atoms with Crippen LogP contribution in [0.15, 0.2) is 0 Å². The van der Waals surface area contributed by atoms with Crippen LogP contribution < -0.4 is 0 Å². The Morgan fingerprint density at radius 3 is 1.30 bits per heavy atom. The quantitative estimate of drug-likeness (QED) is 0.141. The molecule has 0 aromatic heterocycles. The predicted molar refractivity (Wildman–Crippen MR) is 174 cm³/mol. The van der Waals surface area contributed by atoms with Gasteiger partial charge in [0.25, 0.3) is 0 Å². The van der Waals surface area contributed by atoms with E-state index in [1.54, 1.807) is 14.2 Å². The van der Waals surface area contributed by atoms with Gasteiger partial charge in [-0.25, -0.2) is 4.79 Å². The first-order chi connectivity index (χ1) is 20.3. The normalized spacial score (nSPS) is 18.8. The van der Waals surface area contributed by atoms with Crippen LogP contribution >= 0.6 is 0 Å². The van der Waals surface area contributed by atoms with Crippen molar-refractivity contribution in [3.05, 3.63) is 0 Å². The summed E-state index contributed by atoms with van der Waals surface area (Å²) in [5.74, 6) is -0.900. The second-order valence-electron chi connectivity index (χ2n) is 15.7. The van der Waals surface area contributed by atoms with Crippen LogP contribution in [0.2, 0.25) is 0 Å². The summed E-state index contributed by atoms with van der Waals surface area (Å²) in [6.07, 6.45) is 11.7. The van der Waals surface area contributed by atoms with Crippen LogP contribution in [-0.4, -0.2) is 63.2 Å². The van der Waals surface area contributed by atoms with Crippen LogP contribution in [-0.2, 0) is 38.1 Å². The number of hydrogen-bond donors (Lipinski definition) is 0. The van der Waals surface area contributed by atoms with Crippen LogP contribution in [0.5, 0.6) is 0 Å². The zero-order chi connectivity index (χ0) is 33.9. The second kappa shape index (κ2) is 16.8. The largest absolute Gasteiger partial charge is 0.458 e. The molecule has 0 saturated heterocycles. The van der Waals surface area contributed by atoms with Crippen molar-refractivity contribution in [3.8, 4) is 0 Å². The van der Waals surface area contributed by atoms with E-state index in [2.05, 4.69) is 27.7 Å². The number of rotatable bonds is 14. The highest BCUT2D eigenvalue weighted by Crippen LogP contribution is 2.47. The predicted octanol–water partition coefficient (Wildman–Crippen LogP) is 8.23. The summed E-state index contributed by atoms with van der Waals surface area (Å²) < 4.78 is 27.9. The van der Waals surface area contributed by atoms with Crippen LogP contribution in [0, 0.1) is 21.7 Å². The molecule has 44 heavy (non-hydrogen) atoms. The van der Waals surface area contributed by atoms with E-state index in [4.69, 9.17) is 23.7 Å². The Hall–Kier alpha value is -1.67. The zero-order valence-corrected chi connectivity index (χ0v) is 30.4. The van der Waals surface area contributed by atoms with Crippen molar-refractivity contribution in [1.29, 1.82) is 0 Å². The van der Waals surface area contributed by atoms with Gasteiger partial charge in [0.15, 0.2) is 6.61 Å². The van der Waals surface area contributed by atoms with Gasteiger partial charge in [-0.2, -0.15) is 0 Å². The van der Waals surface area contributed by atoms with E-state index in [1.807, 2.05) is 41.5 Å². The lowest BCUT2D eigenvalue weighted by Crippen LogP contribution is -2.53. The van der Waals surface area contributed by atoms with Gasteiger partial charge in [0, 0.05) is 25.0 Å². The molecular weight excluding hydrogens is 560 g/mol. The Balaban J connectivity index is 0.000000447. The Morgan fingerprint density at radius 1 is 0.568 bits per heavy atom. The van der Waals surface area contributed by atoms with E-state index in [9.17, 15) is 14.4 Å². The Morgan fingerprint density at radius 2 is 0.932 bits per heavy atom. The standard InChI is InChI=1S/C19H34O5.C17H32O3/c1-7-17(2,3)16(21)23-13-15(20)24-19(11-9-8-10-12-19)18(4,5)14-22-6;1-7-15(2,3)14(18)20-17(11-9-8-10-12-17)16(4,5)13-19-6/h7-14H2,1-6H3;7-13H2,1-6H3. The Labute approximate surface area is 269 Å². The molecule has 2 aliphatic rings. The van der Waals surface area contributed by atoms with E-state index >= 15 is 0 Å². The maximum Gasteiger partial charge on any atom is 0.344 e. The van der Waals surface area contributed by atoms with Crippen molar-refractivity contribution in [2.75, 3.05) is 34.0 Å². The van der Waals surface area contributed by atoms with Crippen LogP contribution in [0.1, 0.15) is 146 Å². The number of esters is 3. The molecule has 8 nitrogen and oxygen atoms in total. The van der Waals surface area contributed by atoms with Crippen LogP contribution in [0.25, 0.3) is 0 Å². The average molecular weight is 627 g/mol. The van der Waals surface area contributed by atoms with Crippen LogP contribution in [0.4, 0.5) is 0 Å². The molecule has 0 spiro atoms. The third-order valence-electron chi connectivity index (χ3n) is 10.6. The van der Waals surface area contributed by atoms with Gasteiger partial charge in [0.1, 0.15) is 11.2 Å². The lowest BCUT2D eigenvalue weighted by Gasteiger charge is -2.49. The molecule has 0 atom stereocenters. The van der Waals surface area contributed by atoms with Crippen molar-refractivity contribution >= 4 is 17.9 Å². The molecule has 2 saturated carbocycles. The number of carbonyl (C=O) groups excluding carboxylic acids is 3. The van der Waals surface area contributed by atoms with Crippen molar-refractivity contribution in [2.24, 2.45) is 21.7 Å². The molecule has 0 amide bonds. The van der Waals surface area contributed by atoms with E-state index in [0.717, 1.165) is 64.2 Å². The molecule has 0 aromatic rings. The number of carbonyl (C=O) groups is 3. The zero-order valence-electron chi connectivity index (χ0n) is 30.4. The summed E-state index contributed by atoms with van der Waals surface area (Å²) in [5.41, 5.74) is -2.35. The smallest absolute Gasteiger partial charge is 0.344 e. The first kappa shape index (κ1) is 40.4. The van der Waals surface area contributed by atoms with E-state index in [-0.39, 0.29) is 35.0 Å². The van der Waals surface area contributed by atoms with Gasteiger partial charge in [0.05, 0.1) is 24.0 Å². The summed E-state index contributed by atoms with van der Waals surface area (Å²) >= 11 is 0. The molecule has 0 aliphatic heterocycles. The Kier molecular flexibility index (Phi) is 15.4. The maximum atomic E-state index is 12.6. The fourth-order valence-electron chi connectivity index (χ4n) is 6.24. The minimum atomic E-state index is -0.585. The third kappa shape index (κ3) is 10.4. The van der Waals surface area contributed by atoms with Crippen LogP contribution in [0.3, 0.4) is 0 Å². The summed E-state index contributed by atoms with van der Waals surface area (Å²) in [5, 5.41) is 0. The van der Waals surface area contributed by atoms with Crippen molar-refractivity contribution in [1.82, 2.24) is 0 Å². The monoisotopic (exact) mass is 626 g/mol. The van der Waals surface area contributed by atoms with Gasteiger partial charge >= 0.3 is 17.9 Å². The topological polar surface area (TPSA) is 97.4 Å². The van der Waals surface area contributed by atoms with E-state index in [0.29, 0.717) is 19.6 Å². The Bertz CT molecular complexity index is 905. The van der Waals surface area contributed by atoms with Gasteiger partial charge < -0.3 is 23.7 Å². The van der Waals surface area contributed by atoms with Gasteiger partial charge in [-0.15, -0.1) is 0 Å². The highest BCUT2D eigenvalue weighted by atomic mass is 16.6. The highest BCUT2D eigenvalue weighted by molar-refractivity contribution is 5.80. The lowest BCUT2D eigenvalue weighted by atomic mass is 9.67. The fourth-order valence-corrected chi connectivity index (χ4v) is 6.24. The SMILES string of the molecule is CCC(C)(C)C(=O)OC1(C(C)(C)COC)CCCCC1.CCC(C)(C)C(=O)OCC(=O)OC1(C(C)(C)COC)CCCCC1. The first-order valence-electron chi connectivity index (χ1n) is 16.9. The molecule has 8 heteroatoms. The average Bonchev–Trinajstić information content (AvgIpc) is 2.97. The maximum absolute atomic E-state index is 12.6. The molecule has 0 radical (unpaired) electrons.